The van der Waals surface area contributed by atoms with E-state index in [2.05, 4.69) is 77.8 Å². The van der Waals surface area contributed by atoms with E-state index in [0.29, 0.717) is 12.3 Å². The van der Waals surface area contributed by atoms with Gasteiger partial charge in [-0.05, 0) is 53.8 Å². The third kappa shape index (κ3) is 2.87. The molecule has 0 unspecified atom stereocenters. The molecule has 3 heteroatoms. The lowest BCUT2D eigenvalue weighted by atomic mass is 9.87. The summed E-state index contributed by atoms with van der Waals surface area (Å²) in [6, 6.07) is 22.1. The van der Waals surface area contributed by atoms with E-state index in [1.807, 2.05) is 0 Å². The number of benzene rings is 3. The van der Waals surface area contributed by atoms with Crippen LogP contribution < -0.4 is 5.32 Å². The lowest BCUT2D eigenvalue weighted by Crippen LogP contribution is -2.35. The van der Waals surface area contributed by atoms with Crippen LogP contribution >= 0.6 is 0 Å². The molecule has 27 heavy (non-hydrogen) atoms. The molecule has 0 spiro atoms. The monoisotopic (exact) mass is 356 g/mol. The molecule has 3 aromatic rings. The molecule has 0 saturated carbocycles. The van der Waals surface area contributed by atoms with Crippen LogP contribution in [0.3, 0.4) is 0 Å². The van der Waals surface area contributed by atoms with Crippen LogP contribution in [0, 0.1) is 6.92 Å². The summed E-state index contributed by atoms with van der Waals surface area (Å²) >= 11 is 0. The summed E-state index contributed by atoms with van der Waals surface area (Å²) in [6.45, 7) is 3.00. The maximum Gasteiger partial charge on any atom is 0.223 e. The third-order valence-electron chi connectivity index (χ3n) is 6.02. The first kappa shape index (κ1) is 16.4. The number of aryl methyl sites for hydroxylation is 1. The third-order valence-corrected chi connectivity index (χ3v) is 6.02. The molecule has 0 bridgehead atoms. The van der Waals surface area contributed by atoms with E-state index >= 15 is 0 Å². The average molecular weight is 356 g/mol. The van der Waals surface area contributed by atoms with Crippen LogP contribution in [-0.4, -0.2) is 17.4 Å². The standard InChI is InChI=1S/C24H24N2O/c1-16-8-11-21-20(13-16)23(26-12-4-7-24(26)27)15-22(25-21)19-10-9-17-5-2-3-6-18(17)14-19/h2-3,5-6,8-11,13-14,22-23,25H,4,7,12,15H2,1H3/t22-,23-/m0/s1. The molecule has 3 nitrogen and oxygen atoms in total. The van der Waals surface area contributed by atoms with Gasteiger partial charge in [0.25, 0.3) is 0 Å². The Hall–Kier alpha value is -2.81. The molecule has 136 valence electrons. The summed E-state index contributed by atoms with van der Waals surface area (Å²) in [5.41, 5.74) is 4.96. The molecule has 1 saturated heterocycles. The molecule has 2 heterocycles. The van der Waals surface area contributed by atoms with Crippen molar-refractivity contribution in [2.75, 3.05) is 11.9 Å². The minimum Gasteiger partial charge on any atom is -0.378 e. The molecule has 1 N–H and O–H groups in total. The number of carbonyl (C=O) groups is 1. The van der Waals surface area contributed by atoms with Gasteiger partial charge in [-0.15, -0.1) is 0 Å². The zero-order valence-corrected chi connectivity index (χ0v) is 15.6. The van der Waals surface area contributed by atoms with Crippen molar-refractivity contribution in [3.63, 3.8) is 0 Å². The van der Waals surface area contributed by atoms with E-state index in [0.717, 1.165) is 25.1 Å². The van der Waals surface area contributed by atoms with Crippen LogP contribution in [0.15, 0.2) is 60.7 Å². The molecule has 0 aliphatic carbocycles. The predicted molar refractivity (Wildman–Crippen MR) is 110 cm³/mol. The number of nitrogens with one attached hydrogen (secondary N) is 1. The lowest BCUT2D eigenvalue weighted by Gasteiger charge is -2.38. The zero-order chi connectivity index (χ0) is 18.4. The molecule has 1 fully saturated rings. The minimum atomic E-state index is 0.160. The SMILES string of the molecule is Cc1ccc2c(c1)[C@@H](N1CCCC1=O)C[C@@H](c1ccc3ccccc3c1)N2. The second-order valence-electron chi connectivity index (χ2n) is 7.84. The summed E-state index contributed by atoms with van der Waals surface area (Å²) in [7, 11) is 0. The van der Waals surface area contributed by atoms with Crippen molar-refractivity contribution in [1.29, 1.82) is 0 Å². The van der Waals surface area contributed by atoms with E-state index in [1.165, 1.54) is 27.5 Å². The van der Waals surface area contributed by atoms with Gasteiger partial charge in [0.2, 0.25) is 5.91 Å². The molecule has 5 rings (SSSR count). The second kappa shape index (κ2) is 6.41. The first-order valence-electron chi connectivity index (χ1n) is 9.84. The van der Waals surface area contributed by atoms with Gasteiger partial charge >= 0.3 is 0 Å². The Kier molecular flexibility index (Phi) is 3.89. The van der Waals surface area contributed by atoms with Crippen LogP contribution in [0.25, 0.3) is 10.8 Å². The molecule has 2 aliphatic rings. The van der Waals surface area contributed by atoms with Gasteiger partial charge in [-0.2, -0.15) is 0 Å². The Morgan fingerprint density at radius 3 is 2.67 bits per heavy atom. The van der Waals surface area contributed by atoms with Crippen molar-refractivity contribution in [3.05, 3.63) is 77.4 Å². The fourth-order valence-electron chi connectivity index (χ4n) is 4.62. The number of amides is 1. The fraction of sp³-hybridized carbons (Fsp3) is 0.292. The Morgan fingerprint density at radius 2 is 1.85 bits per heavy atom. The Balaban J connectivity index is 1.56. The largest absolute Gasteiger partial charge is 0.378 e. The zero-order valence-electron chi connectivity index (χ0n) is 15.6. The van der Waals surface area contributed by atoms with Gasteiger partial charge in [-0.1, -0.05) is 54.1 Å². The summed E-state index contributed by atoms with van der Waals surface area (Å²) in [5.74, 6) is 0.298. The number of rotatable bonds is 2. The normalized spacial score (nSPS) is 22.0. The predicted octanol–water partition coefficient (Wildman–Crippen LogP) is 5.37. The Labute approximate surface area is 160 Å². The van der Waals surface area contributed by atoms with Gasteiger partial charge in [-0.25, -0.2) is 0 Å². The van der Waals surface area contributed by atoms with Gasteiger partial charge in [0.05, 0.1) is 12.1 Å². The maximum absolute atomic E-state index is 12.5. The van der Waals surface area contributed by atoms with Crippen LogP contribution in [0.1, 0.15) is 48.0 Å². The topological polar surface area (TPSA) is 32.3 Å². The van der Waals surface area contributed by atoms with Crippen molar-refractivity contribution in [1.82, 2.24) is 4.90 Å². The van der Waals surface area contributed by atoms with Crippen molar-refractivity contribution in [2.24, 2.45) is 0 Å². The lowest BCUT2D eigenvalue weighted by molar-refractivity contribution is -0.130. The van der Waals surface area contributed by atoms with Gasteiger partial charge < -0.3 is 10.2 Å². The van der Waals surface area contributed by atoms with E-state index in [4.69, 9.17) is 0 Å². The van der Waals surface area contributed by atoms with E-state index in [1.54, 1.807) is 0 Å². The van der Waals surface area contributed by atoms with Gasteiger partial charge in [0, 0.05) is 18.7 Å². The first-order chi connectivity index (χ1) is 13.2. The van der Waals surface area contributed by atoms with Gasteiger partial charge in [-0.3, -0.25) is 4.79 Å². The molecule has 1 amide bonds. The number of fused-ring (bicyclic) bond motifs is 2. The van der Waals surface area contributed by atoms with E-state index in [-0.39, 0.29) is 12.1 Å². The minimum absolute atomic E-state index is 0.160. The number of carbonyl (C=O) groups excluding carboxylic acids is 1. The van der Waals surface area contributed by atoms with Crippen LogP contribution in [0.2, 0.25) is 0 Å². The average Bonchev–Trinajstić information content (AvgIpc) is 3.12. The maximum atomic E-state index is 12.5. The smallest absolute Gasteiger partial charge is 0.223 e. The van der Waals surface area contributed by atoms with E-state index < -0.39 is 0 Å². The molecule has 2 aliphatic heterocycles. The van der Waals surface area contributed by atoms with Crippen molar-refractivity contribution >= 4 is 22.4 Å². The molecular formula is C24H24N2O. The molecule has 0 aromatic heterocycles. The van der Waals surface area contributed by atoms with Gasteiger partial charge in [0.1, 0.15) is 0 Å². The highest BCUT2D eigenvalue weighted by molar-refractivity contribution is 5.83. The van der Waals surface area contributed by atoms with Crippen molar-refractivity contribution in [2.45, 2.75) is 38.3 Å². The van der Waals surface area contributed by atoms with Crippen molar-refractivity contribution < 1.29 is 4.79 Å². The quantitative estimate of drug-likeness (QED) is 0.669. The summed E-state index contributed by atoms with van der Waals surface area (Å²) in [6.07, 6.45) is 2.58. The number of nitrogens with zero attached hydrogens (tertiary/aromatic N) is 1. The van der Waals surface area contributed by atoms with Crippen LogP contribution in [-0.2, 0) is 4.79 Å². The molecule has 0 radical (unpaired) electrons. The Bertz CT molecular complexity index is 1030. The number of hydrogen-bond acceptors (Lipinski definition) is 2. The van der Waals surface area contributed by atoms with Crippen LogP contribution in [0.5, 0.6) is 0 Å². The highest BCUT2D eigenvalue weighted by atomic mass is 16.2. The van der Waals surface area contributed by atoms with Crippen LogP contribution in [0.4, 0.5) is 5.69 Å². The highest BCUT2D eigenvalue weighted by Crippen LogP contribution is 2.44. The molecule has 3 aromatic carbocycles. The van der Waals surface area contributed by atoms with Gasteiger partial charge in [0.15, 0.2) is 0 Å². The highest BCUT2D eigenvalue weighted by Gasteiger charge is 2.35. The molecule has 2 atom stereocenters. The molecular weight excluding hydrogens is 332 g/mol. The summed E-state index contributed by atoms with van der Waals surface area (Å²) in [5, 5.41) is 6.26. The number of hydrogen-bond donors (Lipinski definition) is 1. The Morgan fingerprint density at radius 1 is 1.00 bits per heavy atom. The van der Waals surface area contributed by atoms with E-state index in [9.17, 15) is 4.79 Å². The second-order valence-corrected chi connectivity index (χ2v) is 7.84. The summed E-state index contributed by atoms with van der Waals surface area (Å²) in [4.78, 5) is 14.6. The van der Waals surface area contributed by atoms with Crippen molar-refractivity contribution in [3.8, 4) is 0 Å². The first-order valence-corrected chi connectivity index (χ1v) is 9.84. The fourth-order valence-corrected chi connectivity index (χ4v) is 4.62. The number of likely N-dealkylation sites (tertiary alicyclic amines) is 1. The number of anilines is 1. The summed E-state index contributed by atoms with van der Waals surface area (Å²) < 4.78 is 0.